The van der Waals surface area contributed by atoms with Gasteiger partial charge in [-0.15, -0.1) is 0 Å². The maximum atomic E-state index is 15.3. The molecule has 4 aromatic rings. The minimum atomic E-state index is -0.721. The van der Waals surface area contributed by atoms with Crippen molar-refractivity contribution in [1.82, 2.24) is 4.40 Å². The van der Waals surface area contributed by atoms with Gasteiger partial charge in [0.2, 0.25) is 0 Å². The van der Waals surface area contributed by atoms with Gasteiger partial charge in [-0.3, -0.25) is 9.20 Å². The van der Waals surface area contributed by atoms with Gasteiger partial charge in [-0.1, -0.05) is 74.5 Å². The molecule has 4 rings (SSSR count). The molecule has 6 heteroatoms. The minimum absolute atomic E-state index is 0.0335. The fourth-order valence-electron chi connectivity index (χ4n) is 3.84. The highest BCUT2D eigenvalue weighted by molar-refractivity contribution is 6.14. The average molecular weight is 457 g/mol. The third-order valence-electron chi connectivity index (χ3n) is 5.51. The number of carbonyl (C=O) groups is 1. The predicted octanol–water partition coefficient (Wildman–Crippen LogP) is 5.91. The van der Waals surface area contributed by atoms with Gasteiger partial charge in [0.05, 0.1) is 24.0 Å². The number of benzene rings is 2. The van der Waals surface area contributed by atoms with Crippen molar-refractivity contribution in [3.63, 3.8) is 0 Å². The lowest BCUT2D eigenvalue weighted by molar-refractivity contribution is 0.0524. The zero-order chi connectivity index (χ0) is 24.2. The second-order valence-electron chi connectivity index (χ2n) is 8.15. The number of fused-ring (bicyclic) bond motifs is 1. The topological polar surface area (TPSA) is 60.1 Å². The zero-order valence-corrected chi connectivity index (χ0v) is 19.3. The van der Waals surface area contributed by atoms with Gasteiger partial charge >= 0.3 is 5.97 Å². The van der Waals surface area contributed by atoms with E-state index in [1.165, 1.54) is 4.40 Å². The first kappa shape index (κ1) is 23.1. The Bertz CT molecular complexity index is 1380. The molecule has 0 amide bonds. The van der Waals surface area contributed by atoms with E-state index in [-0.39, 0.29) is 23.8 Å². The van der Waals surface area contributed by atoms with Crippen molar-refractivity contribution in [2.45, 2.75) is 26.7 Å². The van der Waals surface area contributed by atoms with Gasteiger partial charge in [-0.25, -0.2) is 14.2 Å². The van der Waals surface area contributed by atoms with Crippen molar-refractivity contribution in [3.8, 4) is 0 Å². The summed E-state index contributed by atoms with van der Waals surface area (Å²) in [4.78, 5) is 30.1. The van der Waals surface area contributed by atoms with Crippen molar-refractivity contribution in [3.05, 3.63) is 117 Å². The SMILES string of the molecule is CCOC(=O)c1cc(C(C)C)c2cc(N=C(c3ccccc3)c3ccccc3)c(F)cn2c1=O. The molecule has 2 heterocycles. The van der Waals surface area contributed by atoms with Gasteiger partial charge in [0.1, 0.15) is 11.3 Å². The fraction of sp³-hybridized carbons (Fsp3) is 0.179. The van der Waals surface area contributed by atoms with Gasteiger partial charge in [0.15, 0.2) is 5.82 Å². The Morgan fingerprint density at radius 1 is 1.00 bits per heavy atom. The molecule has 0 atom stereocenters. The summed E-state index contributed by atoms with van der Waals surface area (Å²) in [5.74, 6) is -1.43. The number of carbonyl (C=O) groups excluding carboxylic acids is 1. The number of rotatable bonds is 6. The number of hydrogen-bond donors (Lipinski definition) is 0. The molecule has 0 N–H and O–H groups in total. The standard InChI is InChI=1S/C28H25FN2O3/c1-4-34-28(33)22-15-21(18(2)3)25-16-24(23(29)17-31(25)27(22)32)30-26(19-11-7-5-8-12-19)20-13-9-6-10-14-20/h5-18H,4H2,1-3H3. The third-order valence-corrected chi connectivity index (χ3v) is 5.51. The van der Waals surface area contributed by atoms with Crippen molar-refractivity contribution >= 4 is 22.9 Å². The molecule has 34 heavy (non-hydrogen) atoms. The molecule has 0 spiro atoms. The lowest BCUT2D eigenvalue weighted by atomic mass is 9.99. The van der Waals surface area contributed by atoms with Crippen LogP contribution in [0, 0.1) is 5.82 Å². The van der Waals surface area contributed by atoms with E-state index in [1.807, 2.05) is 74.5 Å². The van der Waals surface area contributed by atoms with E-state index in [9.17, 15) is 9.59 Å². The molecule has 0 saturated heterocycles. The zero-order valence-electron chi connectivity index (χ0n) is 19.3. The number of halogens is 1. The molecular formula is C28H25FN2O3. The van der Waals surface area contributed by atoms with E-state index in [4.69, 9.17) is 9.73 Å². The number of aliphatic imine (C=N–C) groups is 1. The Morgan fingerprint density at radius 2 is 1.59 bits per heavy atom. The van der Waals surface area contributed by atoms with Gasteiger partial charge in [-0.05, 0) is 30.5 Å². The lowest BCUT2D eigenvalue weighted by Gasteiger charge is -2.15. The Kier molecular flexibility index (Phi) is 6.68. The summed E-state index contributed by atoms with van der Waals surface area (Å²) in [6.07, 6.45) is 1.10. The molecule has 5 nitrogen and oxygen atoms in total. The molecule has 2 aromatic carbocycles. The number of nitrogens with zero attached hydrogens (tertiary/aromatic N) is 2. The van der Waals surface area contributed by atoms with E-state index in [1.54, 1.807) is 19.1 Å². The maximum Gasteiger partial charge on any atom is 0.343 e. The largest absolute Gasteiger partial charge is 0.462 e. The van der Waals surface area contributed by atoms with Crippen molar-refractivity contribution in [2.75, 3.05) is 6.61 Å². The highest BCUT2D eigenvalue weighted by atomic mass is 19.1. The highest BCUT2D eigenvalue weighted by Gasteiger charge is 2.20. The fourth-order valence-corrected chi connectivity index (χ4v) is 3.84. The van der Waals surface area contributed by atoms with Gasteiger partial charge in [-0.2, -0.15) is 0 Å². The van der Waals surface area contributed by atoms with Gasteiger partial charge < -0.3 is 4.74 Å². The second kappa shape index (κ2) is 9.83. The summed E-state index contributed by atoms with van der Waals surface area (Å²) >= 11 is 0. The van der Waals surface area contributed by atoms with E-state index >= 15 is 4.39 Å². The Morgan fingerprint density at radius 3 is 2.12 bits per heavy atom. The third kappa shape index (κ3) is 4.53. The summed E-state index contributed by atoms with van der Waals surface area (Å²) < 4.78 is 21.5. The average Bonchev–Trinajstić information content (AvgIpc) is 2.84. The van der Waals surface area contributed by atoms with Gasteiger partial charge in [0.25, 0.3) is 5.56 Å². The molecule has 0 aliphatic carbocycles. The van der Waals surface area contributed by atoms with Crippen LogP contribution in [-0.4, -0.2) is 22.7 Å². The smallest absolute Gasteiger partial charge is 0.343 e. The molecule has 0 bridgehead atoms. The molecule has 0 aliphatic rings. The summed E-state index contributed by atoms with van der Waals surface area (Å²) in [7, 11) is 0. The molecule has 0 saturated carbocycles. The van der Waals surface area contributed by atoms with Crippen LogP contribution in [0.25, 0.3) is 5.52 Å². The number of aromatic nitrogens is 1. The Labute approximate surface area is 197 Å². The van der Waals surface area contributed by atoms with Crippen LogP contribution in [0.1, 0.15) is 53.7 Å². The molecule has 0 radical (unpaired) electrons. The van der Waals surface area contributed by atoms with Crippen LogP contribution in [0.5, 0.6) is 0 Å². The first-order valence-corrected chi connectivity index (χ1v) is 11.2. The van der Waals surface area contributed by atoms with E-state index in [0.717, 1.165) is 22.9 Å². The number of pyridine rings is 2. The van der Waals surface area contributed by atoms with Crippen LogP contribution in [0.2, 0.25) is 0 Å². The summed E-state index contributed by atoms with van der Waals surface area (Å²) in [5, 5.41) is 0. The summed E-state index contributed by atoms with van der Waals surface area (Å²) in [6, 6.07) is 22.2. The lowest BCUT2D eigenvalue weighted by Crippen LogP contribution is -2.25. The monoisotopic (exact) mass is 456 g/mol. The van der Waals surface area contributed by atoms with Crippen LogP contribution in [-0.2, 0) is 4.74 Å². The van der Waals surface area contributed by atoms with Crippen LogP contribution in [0.15, 0.2) is 88.8 Å². The van der Waals surface area contributed by atoms with Crippen LogP contribution >= 0.6 is 0 Å². The molecule has 172 valence electrons. The predicted molar refractivity (Wildman–Crippen MR) is 132 cm³/mol. The van der Waals surface area contributed by atoms with Crippen LogP contribution < -0.4 is 5.56 Å². The molecule has 0 unspecified atom stereocenters. The Balaban J connectivity index is 1.98. The summed E-state index contributed by atoms with van der Waals surface area (Å²) in [5.41, 5.74) is 2.87. The first-order chi connectivity index (χ1) is 16.4. The number of esters is 1. The van der Waals surface area contributed by atoms with Crippen molar-refractivity contribution in [1.29, 1.82) is 0 Å². The van der Waals surface area contributed by atoms with Crippen LogP contribution in [0.4, 0.5) is 10.1 Å². The summed E-state index contributed by atoms with van der Waals surface area (Å²) in [6.45, 7) is 5.70. The minimum Gasteiger partial charge on any atom is -0.462 e. The molecule has 0 fully saturated rings. The Hall–Kier alpha value is -4.06. The van der Waals surface area contributed by atoms with E-state index < -0.39 is 17.3 Å². The van der Waals surface area contributed by atoms with Crippen molar-refractivity contribution in [2.24, 2.45) is 4.99 Å². The number of ether oxygens (including phenoxy) is 1. The maximum absolute atomic E-state index is 15.3. The van der Waals surface area contributed by atoms with E-state index in [2.05, 4.69) is 0 Å². The van der Waals surface area contributed by atoms with E-state index in [0.29, 0.717) is 11.2 Å². The quantitative estimate of drug-likeness (QED) is 0.268. The first-order valence-electron chi connectivity index (χ1n) is 11.2. The number of hydrogen-bond acceptors (Lipinski definition) is 4. The second-order valence-corrected chi connectivity index (χ2v) is 8.15. The molecule has 0 aliphatic heterocycles. The van der Waals surface area contributed by atoms with Crippen molar-refractivity contribution < 1.29 is 13.9 Å². The molecular weight excluding hydrogens is 431 g/mol. The normalized spacial score (nSPS) is 11.0. The van der Waals surface area contributed by atoms with Crippen LogP contribution in [0.3, 0.4) is 0 Å². The molecule has 2 aromatic heterocycles. The van der Waals surface area contributed by atoms with Gasteiger partial charge in [0, 0.05) is 11.1 Å². The highest BCUT2D eigenvalue weighted by Crippen LogP contribution is 2.28.